The Morgan fingerprint density at radius 1 is 0.611 bits per heavy atom. The quantitative estimate of drug-likeness (QED) is 0.163. The molecule has 0 unspecified atom stereocenters. The molecule has 54 heavy (non-hydrogen) atoms. The fourth-order valence-corrected chi connectivity index (χ4v) is 11.0. The van der Waals surface area contributed by atoms with Gasteiger partial charge in [0.1, 0.15) is 0 Å². The number of hydrogen-bond acceptors (Lipinski definition) is 8. The van der Waals surface area contributed by atoms with E-state index >= 15 is 0 Å². The normalized spacial score (nSPS) is 24.4. The number of anilines is 3. The zero-order valence-electron chi connectivity index (χ0n) is 36.7. The predicted molar refractivity (Wildman–Crippen MR) is 228 cm³/mol. The highest BCUT2D eigenvalue weighted by Crippen LogP contribution is 2.46. The lowest BCUT2D eigenvalue weighted by atomic mass is 9.77. The minimum absolute atomic E-state index is 0.0953. The molecule has 2 heterocycles. The summed E-state index contributed by atoms with van der Waals surface area (Å²) in [4.78, 5) is 19.4. The van der Waals surface area contributed by atoms with Crippen LogP contribution in [0.4, 0.5) is 17.1 Å². The summed E-state index contributed by atoms with van der Waals surface area (Å²) in [6.45, 7) is 26.6. The number of piperidine rings is 2. The van der Waals surface area contributed by atoms with E-state index < -0.39 is 0 Å². The number of benzene rings is 1. The number of aliphatic hydroxyl groups excluding tert-OH is 1. The minimum atomic E-state index is -0.0953. The maximum absolute atomic E-state index is 9.92. The Bertz CT molecular complexity index is 1160. The highest BCUT2D eigenvalue weighted by molar-refractivity contribution is 5.70. The van der Waals surface area contributed by atoms with E-state index in [9.17, 15) is 5.11 Å². The maximum Gasteiger partial charge on any atom is 0.0793 e. The van der Waals surface area contributed by atoms with E-state index in [4.69, 9.17) is 9.68 Å². The Labute approximate surface area is 332 Å². The van der Waals surface area contributed by atoms with E-state index in [1.807, 2.05) is 0 Å². The number of hydrogen-bond donors (Lipinski definition) is 2. The molecule has 4 aliphatic rings. The van der Waals surface area contributed by atoms with Crippen molar-refractivity contribution in [3.8, 4) is 0 Å². The van der Waals surface area contributed by atoms with Crippen LogP contribution in [0, 0.1) is 0 Å². The number of rotatable bonds is 17. The number of nitrogens with zero attached hydrogens (tertiary/aromatic N) is 4. The van der Waals surface area contributed by atoms with Gasteiger partial charge in [0.25, 0.3) is 0 Å². The zero-order chi connectivity index (χ0) is 39.1. The van der Waals surface area contributed by atoms with Crippen molar-refractivity contribution >= 4 is 17.1 Å². The topological polar surface area (TPSA) is 63.7 Å². The van der Waals surface area contributed by atoms with Crippen LogP contribution >= 0.6 is 0 Å². The fourth-order valence-electron chi connectivity index (χ4n) is 11.0. The van der Waals surface area contributed by atoms with Gasteiger partial charge < -0.3 is 20.2 Å². The second-order valence-electron chi connectivity index (χ2n) is 20.2. The molecular weight excluding hydrogens is 671 g/mol. The predicted octanol–water partition coefficient (Wildman–Crippen LogP) is 10.9. The first kappa shape index (κ1) is 43.5. The lowest BCUT2D eigenvalue weighted by molar-refractivity contribution is -0.310. The average Bonchev–Trinajstić information content (AvgIpc) is 3.11. The van der Waals surface area contributed by atoms with Gasteiger partial charge >= 0.3 is 0 Å². The van der Waals surface area contributed by atoms with Crippen LogP contribution in [0.1, 0.15) is 185 Å². The first-order valence-electron chi connectivity index (χ1n) is 22.6. The van der Waals surface area contributed by atoms with Gasteiger partial charge in [-0.25, -0.2) is 0 Å². The standard InChI is InChI=1S/C46H83N5O3/c1-11-13-26-48(39-32-43(3,4)50(44(5,6)33-39)53-41-21-17-15-18-22-41)37-29-36(47-25-28-52)30-38(31-37)49(27-14-12-2)40-34-45(7,8)51(46(9,10)35-40)54-42-23-19-16-20-24-42/h29-31,39-42,47,52H,11-28,32-35H2,1-10H3. The van der Waals surface area contributed by atoms with E-state index in [1.54, 1.807) is 0 Å². The fraction of sp³-hybridized carbons (Fsp3) is 0.870. The SMILES string of the molecule is CCCCN(c1cc(NCCO)cc(N(CCCC)C2CC(C)(C)N(OC3CCCCC3)C(C)(C)C2)c1)C1CC(C)(C)N(OC2CCCCC2)C(C)(C)C1. The van der Waals surface area contributed by atoms with Crippen LogP contribution in [0.3, 0.4) is 0 Å². The number of aliphatic hydroxyl groups is 1. The molecule has 1 aromatic rings. The first-order chi connectivity index (χ1) is 25.6. The molecular formula is C46H83N5O3. The molecule has 0 amide bonds. The number of unbranched alkanes of at least 4 members (excludes halogenated alkanes) is 2. The largest absolute Gasteiger partial charge is 0.395 e. The first-order valence-corrected chi connectivity index (χ1v) is 22.6. The molecule has 4 fully saturated rings. The van der Waals surface area contributed by atoms with Crippen molar-refractivity contribution < 1.29 is 14.8 Å². The molecule has 2 aliphatic carbocycles. The van der Waals surface area contributed by atoms with Gasteiger partial charge in [-0.05, 0) is 138 Å². The van der Waals surface area contributed by atoms with Gasteiger partial charge in [-0.3, -0.25) is 9.68 Å². The van der Waals surface area contributed by atoms with Gasteiger partial charge in [0.15, 0.2) is 0 Å². The van der Waals surface area contributed by atoms with Crippen molar-refractivity contribution in [2.75, 3.05) is 41.4 Å². The second kappa shape index (κ2) is 18.8. The molecule has 310 valence electrons. The van der Waals surface area contributed by atoms with Gasteiger partial charge in [-0.2, -0.15) is 10.1 Å². The third kappa shape index (κ3) is 10.9. The monoisotopic (exact) mass is 754 g/mol. The number of nitrogens with one attached hydrogen (secondary N) is 1. The summed E-state index contributed by atoms with van der Waals surface area (Å²) >= 11 is 0. The van der Waals surface area contributed by atoms with Crippen molar-refractivity contribution in [1.29, 1.82) is 0 Å². The zero-order valence-corrected chi connectivity index (χ0v) is 36.7. The molecule has 2 aliphatic heterocycles. The van der Waals surface area contributed by atoms with Crippen LogP contribution in [-0.2, 0) is 9.68 Å². The van der Waals surface area contributed by atoms with Crippen molar-refractivity contribution in [3.05, 3.63) is 18.2 Å². The highest BCUT2D eigenvalue weighted by Gasteiger charge is 2.50. The summed E-state index contributed by atoms with van der Waals surface area (Å²) in [5.74, 6) is 0. The Morgan fingerprint density at radius 2 is 0.981 bits per heavy atom. The van der Waals surface area contributed by atoms with Gasteiger partial charge in [0.05, 0.1) is 18.8 Å². The molecule has 8 heteroatoms. The Kier molecular flexibility index (Phi) is 15.1. The van der Waals surface area contributed by atoms with Gasteiger partial charge in [-0.15, -0.1) is 0 Å². The van der Waals surface area contributed by atoms with Crippen LogP contribution in [0.2, 0.25) is 0 Å². The molecule has 0 radical (unpaired) electrons. The van der Waals surface area contributed by atoms with Crippen LogP contribution in [0.25, 0.3) is 0 Å². The van der Waals surface area contributed by atoms with Gasteiger partial charge in [0.2, 0.25) is 0 Å². The molecule has 1 aromatic carbocycles. The molecule has 2 saturated carbocycles. The Balaban J connectivity index is 1.48. The molecule has 0 spiro atoms. The van der Waals surface area contributed by atoms with Crippen LogP contribution in [0.15, 0.2) is 18.2 Å². The summed E-state index contributed by atoms with van der Waals surface area (Å²) in [6.07, 6.45) is 22.1. The average molecular weight is 754 g/mol. The van der Waals surface area contributed by atoms with Gasteiger partial charge in [0, 0.05) is 70.9 Å². The smallest absolute Gasteiger partial charge is 0.0793 e. The summed E-state index contributed by atoms with van der Waals surface area (Å²) in [7, 11) is 0. The second-order valence-corrected chi connectivity index (χ2v) is 20.2. The molecule has 8 nitrogen and oxygen atoms in total. The molecule has 2 saturated heterocycles. The maximum atomic E-state index is 9.92. The summed E-state index contributed by atoms with van der Waals surface area (Å²) < 4.78 is 0. The van der Waals surface area contributed by atoms with E-state index in [0.29, 0.717) is 30.8 Å². The van der Waals surface area contributed by atoms with Crippen molar-refractivity contribution in [1.82, 2.24) is 10.1 Å². The van der Waals surface area contributed by atoms with Crippen molar-refractivity contribution in [3.63, 3.8) is 0 Å². The van der Waals surface area contributed by atoms with E-state index in [0.717, 1.165) is 70.1 Å². The summed E-state index contributed by atoms with van der Waals surface area (Å²) in [5.41, 5.74) is 3.33. The Hall–Kier alpha value is -1.58. The molecule has 5 rings (SSSR count). The van der Waals surface area contributed by atoms with Crippen LogP contribution in [-0.4, -0.2) is 87.9 Å². The van der Waals surface area contributed by atoms with Crippen LogP contribution in [0.5, 0.6) is 0 Å². The number of hydroxylamine groups is 4. The van der Waals surface area contributed by atoms with Crippen molar-refractivity contribution in [2.24, 2.45) is 0 Å². The summed E-state index contributed by atoms with van der Waals surface area (Å²) in [5, 5.41) is 18.4. The van der Waals surface area contributed by atoms with Crippen molar-refractivity contribution in [2.45, 2.75) is 231 Å². The lowest BCUT2D eigenvalue weighted by Gasteiger charge is -2.57. The lowest BCUT2D eigenvalue weighted by Crippen LogP contribution is -2.65. The Morgan fingerprint density at radius 3 is 1.31 bits per heavy atom. The van der Waals surface area contributed by atoms with E-state index in [-0.39, 0.29) is 28.8 Å². The molecule has 0 atom stereocenters. The summed E-state index contributed by atoms with van der Waals surface area (Å²) in [6, 6.07) is 8.02. The van der Waals surface area contributed by atoms with E-state index in [2.05, 4.69) is 113 Å². The molecule has 0 aromatic heterocycles. The molecule has 2 N–H and O–H groups in total. The third-order valence-corrected chi connectivity index (χ3v) is 13.1. The van der Waals surface area contributed by atoms with Gasteiger partial charge in [-0.1, -0.05) is 65.2 Å². The van der Waals surface area contributed by atoms with E-state index in [1.165, 1.54) is 75.6 Å². The highest BCUT2D eigenvalue weighted by atomic mass is 16.7. The molecule has 0 bridgehead atoms. The minimum Gasteiger partial charge on any atom is -0.395 e. The third-order valence-electron chi connectivity index (χ3n) is 13.1. The van der Waals surface area contributed by atoms with Crippen LogP contribution < -0.4 is 15.1 Å².